The molecule has 0 aliphatic heterocycles. The molecule has 136 valence electrons. The normalized spacial score (nSPS) is 10.0. The molecular formula is C25H24OS. The van der Waals surface area contributed by atoms with Gasteiger partial charge in [0, 0.05) is 15.0 Å². The average Bonchev–Trinajstić information content (AvgIpc) is 3.23. The standard InChI is InChI=1S/C9H8O.C9H8S.C7H8/c2*1-7-6-8-4-2-3-5-9(8)10-7;1-7-5-3-2-4-6-7/h2*2-6H,1H3;2-6H,1H3. The summed E-state index contributed by atoms with van der Waals surface area (Å²) in [5, 5.41) is 2.55. The summed E-state index contributed by atoms with van der Waals surface area (Å²) in [6.07, 6.45) is 0. The number of benzene rings is 3. The van der Waals surface area contributed by atoms with Crippen molar-refractivity contribution < 1.29 is 4.42 Å². The van der Waals surface area contributed by atoms with Gasteiger partial charge in [-0.3, -0.25) is 0 Å². The molecule has 0 aliphatic rings. The summed E-state index contributed by atoms with van der Waals surface area (Å²) in [6, 6.07) is 31.0. The molecule has 0 atom stereocenters. The minimum absolute atomic E-state index is 0.972. The van der Waals surface area contributed by atoms with E-state index in [0.29, 0.717) is 0 Å². The van der Waals surface area contributed by atoms with Crippen LogP contribution in [-0.4, -0.2) is 0 Å². The zero-order valence-corrected chi connectivity index (χ0v) is 16.8. The lowest BCUT2D eigenvalue weighted by molar-refractivity contribution is 0.578. The highest BCUT2D eigenvalue weighted by Gasteiger charge is 1.95. The Balaban J connectivity index is 0.000000119. The van der Waals surface area contributed by atoms with Gasteiger partial charge in [0.25, 0.3) is 0 Å². The molecule has 0 saturated heterocycles. The fraction of sp³-hybridized carbons (Fsp3) is 0.120. The van der Waals surface area contributed by atoms with Gasteiger partial charge in [0.2, 0.25) is 0 Å². The molecule has 3 aromatic carbocycles. The Morgan fingerprint density at radius 1 is 0.630 bits per heavy atom. The SMILES string of the molecule is Cc1cc2ccccc2o1.Cc1cc2ccccc2s1.Cc1ccccc1. The van der Waals surface area contributed by atoms with Gasteiger partial charge in [0.15, 0.2) is 0 Å². The molecule has 5 rings (SSSR count). The van der Waals surface area contributed by atoms with Gasteiger partial charge in [-0.1, -0.05) is 72.3 Å². The van der Waals surface area contributed by atoms with E-state index in [-0.39, 0.29) is 0 Å². The topological polar surface area (TPSA) is 13.1 Å². The van der Waals surface area contributed by atoms with Crippen LogP contribution in [0.25, 0.3) is 21.1 Å². The van der Waals surface area contributed by atoms with Gasteiger partial charge in [-0.15, -0.1) is 11.3 Å². The quantitative estimate of drug-likeness (QED) is 0.269. The maximum atomic E-state index is 5.37. The van der Waals surface area contributed by atoms with Gasteiger partial charge >= 0.3 is 0 Å². The van der Waals surface area contributed by atoms with Gasteiger partial charge in [-0.2, -0.15) is 0 Å². The van der Waals surface area contributed by atoms with Crippen molar-refractivity contribution in [3.8, 4) is 0 Å². The molecule has 0 spiro atoms. The molecule has 5 aromatic rings. The molecule has 0 saturated carbocycles. The summed E-state index contributed by atoms with van der Waals surface area (Å²) >= 11 is 1.85. The Bertz CT molecular complexity index is 965. The Kier molecular flexibility index (Phi) is 6.45. The highest BCUT2D eigenvalue weighted by Crippen LogP contribution is 2.23. The van der Waals surface area contributed by atoms with Crippen LogP contribution in [0.5, 0.6) is 0 Å². The van der Waals surface area contributed by atoms with E-state index in [1.165, 1.54) is 25.9 Å². The van der Waals surface area contributed by atoms with Gasteiger partial charge in [0.05, 0.1) is 0 Å². The highest BCUT2D eigenvalue weighted by atomic mass is 32.1. The Morgan fingerprint density at radius 3 is 1.89 bits per heavy atom. The van der Waals surface area contributed by atoms with Gasteiger partial charge in [0.1, 0.15) is 11.3 Å². The minimum Gasteiger partial charge on any atom is -0.461 e. The van der Waals surface area contributed by atoms with E-state index in [9.17, 15) is 0 Å². The number of thiophene rings is 1. The van der Waals surface area contributed by atoms with Crippen molar-refractivity contribution >= 4 is 32.4 Å². The van der Waals surface area contributed by atoms with Crippen molar-refractivity contribution in [1.29, 1.82) is 0 Å². The maximum Gasteiger partial charge on any atom is 0.134 e. The molecule has 0 N–H and O–H groups in total. The lowest BCUT2D eigenvalue weighted by Crippen LogP contribution is -1.62. The van der Waals surface area contributed by atoms with Crippen molar-refractivity contribution in [2.75, 3.05) is 0 Å². The van der Waals surface area contributed by atoms with Crippen LogP contribution in [0.1, 0.15) is 16.2 Å². The highest BCUT2D eigenvalue weighted by molar-refractivity contribution is 7.19. The summed E-state index contributed by atoms with van der Waals surface area (Å²) in [5.41, 5.74) is 2.29. The van der Waals surface area contributed by atoms with Crippen LogP contribution >= 0.6 is 11.3 Å². The number of hydrogen-bond donors (Lipinski definition) is 0. The van der Waals surface area contributed by atoms with Gasteiger partial charge < -0.3 is 4.42 Å². The predicted molar refractivity (Wildman–Crippen MR) is 119 cm³/mol. The molecule has 2 heterocycles. The number of fused-ring (bicyclic) bond motifs is 2. The molecular weight excluding hydrogens is 348 g/mol. The first-order chi connectivity index (χ1) is 13.1. The lowest BCUT2D eigenvalue weighted by atomic mass is 10.2. The van der Waals surface area contributed by atoms with E-state index < -0.39 is 0 Å². The van der Waals surface area contributed by atoms with Crippen LogP contribution in [0.3, 0.4) is 0 Å². The van der Waals surface area contributed by atoms with Crippen LogP contribution < -0.4 is 0 Å². The fourth-order valence-corrected chi connectivity index (χ4v) is 3.69. The first kappa shape index (κ1) is 18.9. The molecule has 1 nitrogen and oxygen atoms in total. The second-order valence-electron chi connectivity index (χ2n) is 6.44. The molecule has 0 fully saturated rings. The van der Waals surface area contributed by atoms with Gasteiger partial charge in [-0.05, 0) is 50.4 Å². The number of para-hydroxylation sites is 1. The monoisotopic (exact) mass is 372 g/mol. The number of furan rings is 1. The largest absolute Gasteiger partial charge is 0.461 e. The number of aryl methyl sites for hydroxylation is 3. The van der Waals surface area contributed by atoms with E-state index >= 15 is 0 Å². The van der Waals surface area contributed by atoms with Crippen LogP contribution in [0.15, 0.2) is 95.4 Å². The molecule has 0 unspecified atom stereocenters. The summed E-state index contributed by atoms with van der Waals surface area (Å²) in [5.74, 6) is 0.973. The second-order valence-corrected chi connectivity index (χ2v) is 7.73. The minimum atomic E-state index is 0.972. The molecule has 2 heteroatoms. The Morgan fingerprint density at radius 2 is 1.26 bits per heavy atom. The van der Waals surface area contributed by atoms with Crippen molar-refractivity contribution in [3.63, 3.8) is 0 Å². The summed E-state index contributed by atoms with van der Waals surface area (Å²) in [4.78, 5) is 1.39. The summed E-state index contributed by atoms with van der Waals surface area (Å²) in [7, 11) is 0. The molecule has 2 aromatic heterocycles. The average molecular weight is 373 g/mol. The third kappa shape index (κ3) is 5.57. The van der Waals surface area contributed by atoms with E-state index in [1.54, 1.807) is 0 Å². The van der Waals surface area contributed by atoms with Crippen LogP contribution in [0.4, 0.5) is 0 Å². The van der Waals surface area contributed by atoms with Crippen molar-refractivity contribution in [2.24, 2.45) is 0 Å². The Hall–Kier alpha value is -2.84. The van der Waals surface area contributed by atoms with Crippen LogP contribution in [-0.2, 0) is 0 Å². The third-order valence-corrected chi connectivity index (χ3v) is 5.07. The van der Waals surface area contributed by atoms with E-state index in [0.717, 1.165) is 11.3 Å². The summed E-state index contributed by atoms with van der Waals surface area (Å²) < 4.78 is 6.76. The fourth-order valence-electron chi connectivity index (χ4n) is 2.76. The first-order valence-corrected chi connectivity index (χ1v) is 9.85. The van der Waals surface area contributed by atoms with Crippen molar-refractivity contribution in [2.45, 2.75) is 20.8 Å². The smallest absolute Gasteiger partial charge is 0.134 e. The summed E-state index contributed by atoms with van der Waals surface area (Å²) in [6.45, 7) is 6.19. The molecule has 27 heavy (non-hydrogen) atoms. The van der Waals surface area contributed by atoms with Gasteiger partial charge in [-0.25, -0.2) is 0 Å². The number of rotatable bonds is 0. The first-order valence-electron chi connectivity index (χ1n) is 9.04. The Labute approximate surface area is 164 Å². The number of hydrogen-bond acceptors (Lipinski definition) is 2. The van der Waals surface area contributed by atoms with Crippen LogP contribution in [0.2, 0.25) is 0 Å². The van der Waals surface area contributed by atoms with Crippen molar-refractivity contribution in [3.05, 3.63) is 107 Å². The van der Waals surface area contributed by atoms with E-state index in [4.69, 9.17) is 4.42 Å². The second kappa shape index (κ2) is 9.20. The molecule has 0 bridgehead atoms. The van der Waals surface area contributed by atoms with Crippen LogP contribution in [0, 0.1) is 20.8 Å². The maximum absolute atomic E-state index is 5.37. The third-order valence-electron chi connectivity index (χ3n) is 4.04. The van der Waals surface area contributed by atoms with E-state index in [2.05, 4.69) is 56.3 Å². The zero-order valence-electron chi connectivity index (χ0n) is 16.0. The van der Waals surface area contributed by atoms with E-state index in [1.807, 2.05) is 66.8 Å². The molecule has 0 radical (unpaired) electrons. The lowest BCUT2D eigenvalue weighted by Gasteiger charge is -1.82. The molecule has 0 amide bonds. The van der Waals surface area contributed by atoms with Crippen molar-refractivity contribution in [1.82, 2.24) is 0 Å². The molecule has 0 aliphatic carbocycles. The zero-order chi connectivity index (χ0) is 19.1. The predicted octanol–water partition coefficient (Wildman–Crippen LogP) is 7.95.